The molecule has 0 aliphatic carbocycles. The van der Waals surface area contributed by atoms with Gasteiger partial charge in [0.25, 0.3) is 0 Å². The molecule has 0 radical (unpaired) electrons. The van der Waals surface area contributed by atoms with Crippen LogP contribution >= 0.6 is 11.6 Å². The minimum Gasteiger partial charge on any atom is -0.394 e. The van der Waals surface area contributed by atoms with Crippen LogP contribution in [0, 0.1) is 0 Å². The highest BCUT2D eigenvalue weighted by Gasteiger charge is 2.34. The van der Waals surface area contributed by atoms with Crippen molar-refractivity contribution in [1.82, 2.24) is 9.97 Å². The molecule has 19 heavy (non-hydrogen) atoms. The minimum atomic E-state index is -0.361. The average molecular weight is 287 g/mol. The quantitative estimate of drug-likeness (QED) is 0.869. The molecule has 1 aromatic rings. The summed E-state index contributed by atoms with van der Waals surface area (Å²) in [5, 5.41) is 12.7. The van der Waals surface area contributed by atoms with Crippen LogP contribution in [0.5, 0.6) is 0 Å². The van der Waals surface area contributed by atoms with E-state index in [-0.39, 0.29) is 18.3 Å². The normalized spacial score (nSPS) is 22.4. The molecule has 2 N–H and O–H groups in total. The molecule has 106 valence electrons. The first-order valence-corrected chi connectivity index (χ1v) is 6.57. The lowest BCUT2D eigenvalue weighted by atomic mass is 10.1. The zero-order chi connectivity index (χ0) is 14.0. The first kappa shape index (κ1) is 14.3. The molecule has 1 saturated heterocycles. The number of rotatable bonds is 3. The lowest BCUT2D eigenvalue weighted by Crippen LogP contribution is -2.54. The number of hydrogen-bond acceptors (Lipinski definition) is 6. The van der Waals surface area contributed by atoms with Gasteiger partial charge in [-0.25, -0.2) is 4.98 Å². The van der Waals surface area contributed by atoms with Gasteiger partial charge in [0.05, 0.1) is 24.5 Å². The van der Waals surface area contributed by atoms with E-state index < -0.39 is 0 Å². The van der Waals surface area contributed by atoms with Crippen LogP contribution in [0.25, 0.3) is 0 Å². The first-order chi connectivity index (χ1) is 8.95. The van der Waals surface area contributed by atoms with Gasteiger partial charge in [-0.3, -0.25) is 0 Å². The van der Waals surface area contributed by atoms with Crippen LogP contribution in [0.15, 0.2) is 6.20 Å². The molecule has 1 unspecified atom stereocenters. The molecule has 0 spiro atoms. The van der Waals surface area contributed by atoms with E-state index in [1.165, 1.54) is 0 Å². The fraction of sp³-hybridized carbons (Fsp3) is 0.667. The van der Waals surface area contributed by atoms with Crippen LogP contribution in [-0.2, 0) is 4.74 Å². The van der Waals surface area contributed by atoms with E-state index in [0.717, 1.165) is 0 Å². The molecule has 1 aliphatic rings. The van der Waals surface area contributed by atoms with Crippen molar-refractivity contribution in [3.05, 3.63) is 11.2 Å². The van der Waals surface area contributed by atoms with Gasteiger partial charge in [0.1, 0.15) is 5.02 Å². The van der Waals surface area contributed by atoms with Crippen LogP contribution in [0.2, 0.25) is 5.02 Å². The number of morpholine rings is 1. The molecule has 2 heterocycles. The topological polar surface area (TPSA) is 70.5 Å². The van der Waals surface area contributed by atoms with E-state index >= 15 is 0 Å². The van der Waals surface area contributed by atoms with Crippen LogP contribution < -0.4 is 10.2 Å². The molecule has 0 bridgehead atoms. The second kappa shape index (κ2) is 5.48. The fourth-order valence-electron chi connectivity index (χ4n) is 2.25. The smallest absolute Gasteiger partial charge is 0.224 e. The van der Waals surface area contributed by atoms with Crippen molar-refractivity contribution >= 4 is 23.4 Å². The third-order valence-electron chi connectivity index (χ3n) is 2.93. The number of aromatic nitrogens is 2. The van der Waals surface area contributed by atoms with Crippen molar-refractivity contribution in [1.29, 1.82) is 0 Å². The van der Waals surface area contributed by atoms with Crippen molar-refractivity contribution in [3.63, 3.8) is 0 Å². The number of aliphatic hydroxyl groups is 1. The Kier molecular flexibility index (Phi) is 4.13. The SMILES string of the molecule is CNc1ncc(Cl)c(N2CC(CO)OC(C)(C)C2)n1. The highest BCUT2D eigenvalue weighted by Crippen LogP contribution is 2.29. The van der Waals surface area contributed by atoms with Crippen LogP contribution in [0.1, 0.15) is 13.8 Å². The number of hydrogen-bond donors (Lipinski definition) is 2. The summed E-state index contributed by atoms with van der Waals surface area (Å²) in [6, 6.07) is 0. The van der Waals surface area contributed by atoms with E-state index in [1.807, 2.05) is 18.7 Å². The van der Waals surface area contributed by atoms with E-state index in [4.69, 9.17) is 16.3 Å². The Balaban J connectivity index is 2.29. The second-order valence-electron chi connectivity index (χ2n) is 5.18. The molecular formula is C12H19ClN4O2. The Bertz CT molecular complexity index is 455. The van der Waals surface area contributed by atoms with E-state index in [0.29, 0.717) is 29.9 Å². The second-order valence-corrected chi connectivity index (χ2v) is 5.59. The van der Waals surface area contributed by atoms with Gasteiger partial charge in [0.2, 0.25) is 5.95 Å². The maximum Gasteiger partial charge on any atom is 0.224 e. The van der Waals surface area contributed by atoms with Crippen molar-refractivity contribution in [2.75, 3.05) is 37.0 Å². The van der Waals surface area contributed by atoms with Crippen LogP contribution in [0.3, 0.4) is 0 Å². The molecule has 1 atom stereocenters. The molecule has 0 saturated carbocycles. The summed E-state index contributed by atoms with van der Waals surface area (Å²) in [6.45, 7) is 5.15. The van der Waals surface area contributed by atoms with Crippen molar-refractivity contribution in [2.24, 2.45) is 0 Å². The molecule has 2 rings (SSSR count). The Morgan fingerprint density at radius 1 is 1.63 bits per heavy atom. The maximum absolute atomic E-state index is 9.33. The van der Waals surface area contributed by atoms with Gasteiger partial charge in [-0.05, 0) is 13.8 Å². The summed E-state index contributed by atoms with van der Waals surface area (Å²) in [5.74, 6) is 1.18. The van der Waals surface area contributed by atoms with Gasteiger partial charge < -0.3 is 20.1 Å². The monoisotopic (exact) mass is 286 g/mol. The van der Waals surface area contributed by atoms with Gasteiger partial charge in [-0.15, -0.1) is 0 Å². The zero-order valence-electron chi connectivity index (χ0n) is 11.4. The van der Waals surface area contributed by atoms with Crippen molar-refractivity contribution in [3.8, 4) is 0 Å². The summed E-state index contributed by atoms with van der Waals surface area (Å²) >= 11 is 6.17. The molecule has 0 aromatic carbocycles. The molecule has 1 fully saturated rings. The third kappa shape index (κ3) is 3.26. The van der Waals surface area contributed by atoms with Gasteiger partial charge in [0, 0.05) is 20.1 Å². The molecule has 6 nitrogen and oxygen atoms in total. The number of ether oxygens (including phenoxy) is 1. The Labute approximate surface area is 117 Å². The highest BCUT2D eigenvalue weighted by molar-refractivity contribution is 6.32. The van der Waals surface area contributed by atoms with E-state index in [9.17, 15) is 5.11 Å². The molecule has 1 aliphatic heterocycles. The Morgan fingerprint density at radius 2 is 2.37 bits per heavy atom. The van der Waals surface area contributed by atoms with Crippen LogP contribution in [-0.4, -0.2) is 53.5 Å². The Hall–Kier alpha value is -1.11. The van der Waals surface area contributed by atoms with Crippen molar-refractivity contribution < 1.29 is 9.84 Å². The lowest BCUT2D eigenvalue weighted by molar-refractivity contribution is -0.101. The molecule has 7 heteroatoms. The number of aliphatic hydroxyl groups excluding tert-OH is 1. The summed E-state index contributed by atoms with van der Waals surface area (Å²) in [5.41, 5.74) is -0.361. The van der Waals surface area contributed by atoms with Crippen LogP contribution in [0.4, 0.5) is 11.8 Å². The van der Waals surface area contributed by atoms with Gasteiger partial charge in [-0.2, -0.15) is 4.98 Å². The van der Waals surface area contributed by atoms with Gasteiger partial charge in [0.15, 0.2) is 5.82 Å². The maximum atomic E-state index is 9.33. The largest absolute Gasteiger partial charge is 0.394 e. The molecule has 0 amide bonds. The number of halogens is 1. The molecule has 1 aromatic heterocycles. The minimum absolute atomic E-state index is 0.0263. The lowest BCUT2D eigenvalue weighted by Gasteiger charge is -2.43. The summed E-state index contributed by atoms with van der Waals surface area (Å²) in [7, 11) is 1.76. The van der Waals surface area contributed by atoms with Crippen molar-refractivity contribution in [2.45, 2.75) is 25.6 Å². The van der Waals surface area contributed by atoms with E-state index in [2.05, 4.69) is 15.3 Å². The third-order valence-corrected chi connectivity index (χ3v) is 3.20. The predicted molar refractivity (Wildman–Crippen MR) is 74.8 cm³/mol. The van der Waals surface area contributed by atoms with Gasteiger partial charge in [-0.1, -0.05) is 11.6 Å². The predicted octanol–water partition coefficient (Wildman–Crippen LogP) is 1.15. The summed E-state index contributed by atoms with van der Waals surface area (Å²) < 4.78 is 5.78. The highest BCUT2D eigenvalue weighted by atomic mass is 35.5. The number of anilines is 2. The zero-order valence-corrected chi connectivity index (χ0v) is 12.1. The van der Waals surface area contributed by atoms with Gasteiger partial charge >= 0.3 is 0 Å². The summed E-state index contributed by atoms with van der Waals surface area (Å²) in [4.78, 5) is 10.5. The standard InChI is InChI=1S/C12H19ClN4O2/c1-12(2)7-17(5-8(6-18)19-12)10-9(13)4-15-11(14-3)16-10/h4,8,18H,5-7H2,1-3H3,(H,14,15,16). The average Bonchev–Trinajstić information content (AvgIpc) is 2.37. The fourth-order valence-corrected chi connectivity index (χ4v) is 2.46. The molecular weight excluding hydrogens is 268 g/mol. The Morgan fingerprint density at radius 3 is 3.00 bits per heavy atom. The summed E-state index contributed by atoms with van der Waals surface area (Å²) in [6.07, 6.45) is 1.33. The number of nitrogens with zero attached hydrogens (tertiary/aromatic N) is 3. The number of nitrogens with one attached hydrogen (secondary N) is 1. The first-order valence-electron chi connectivity index (χ1n) is 6.19. The van der Waals surface area contributed by atoms with E-state index in [1.54, 1.807) is 13.2 Å².